The fourth-order valence-electron chi connectivity index (χ4n) is 3.36. The Kier molecular flexibility index (Phi) is 4.32. The van der Waals surface area contributed by atoms with Gasteiger partial charge < -0.3 is 9.47 Å². The Morgan fingerprint density at radius 2 is 2.05 bits per heavy atom. The molecular weight excluding hydrogens is 351 g/mol. The summed E-state index contributed by atoms with van der Waals surface area (Å²) in [5.41, 5.74) is 0.128. The van der Waals surface area contributed by atoms with Gasteiger partial charge in [-0.2, -0.15) is 0 Å². The largest absolute Gasteiger partial charge is 0.490 e. The highest BCUT2D eigenvalue weighted by atomic mass is 127. The second-order valence-electron chi connectivity index (χ2n) is 5.78. The predicted molar refractivity (Wildman–Crippen MR) is 84.6 cm³/mol. The maximum Gasteiger partial charge on any atom is 0.120 e. The molecule has 1 heterocycles. The Morgan fingerprint density at radius 1 is 1.21 bits per heavy atom. The van der Waals surface area contributed by atoms with Crippen LogP contribution in [0.25, 0.3) is 0 Å². The maximum atomic E-state index is 6.18. The van der Waals surface area contributed by atoms with E-state index >= 15 is 0 Å². The molecule has 19 heavy (non-hydrogen) atoms. The smallest absolute Gasteiger partial charge is 0.120 e. The fourth-order valence-corrected chi connectivity index (χ4v) is 3.88. The lowest BCUT2D eigenvalue weighted by Gasteiger charge is -2.43. The summed E-state index contributed by atoms with van der Waals surface area (Å²) in [6.45, 7) is 0.856. The van der Waals surface area contributed by atoms with Gasteiger partial charge in [-0.15, -0.1) is 0 Å². The molecule has 1 unspecified atom stereocenters. The highest BCUT2D eigenvalue weighted by Gasteiger charge is 2.39. The summed E-state index contributed by atoms with van der Waals surface area (Å²) < 4.78 is 13.5. The van der Waals surface area contributed by atoms with Crippen molar-refractivity contribution in [1.29, 1.82) is 0 Å². The van der Waals surface area contributed by atoms with E-state index in [1.807, 2.05) is 0 Å². The molecule has 0 amide bonds. The van der Waals surface area contributed by atoms with Crippen LogP contribution in [0.15, 0.2) is 24.3 Å². The Morgan fingerprint density at radius 3 is 2.84 bits per heavy atom. The summed E-state index contributed by atoms with van der Waals surface area (Å²) in [6.07, 6.45) is 8.86. The lowest BCUT2D eigenvalue weighted by Crippen LogP contribution is -2.45. The summed E-state index contributed by atoms with van der Waals surface area (Å²) in [7, 11) is 0. The Hall–Kier alpha value is -0.290. The topological polar surface area (TPSA) is 18.5 Å². The first-order valence-corrected chi connectivity index (χ1v) is 8.40. The van der Waals surface area contributed by atoms with E-state index in [-0.39, 0.29) is 5.60 Å². The van der Waals surface area contributed by atoms with E-state index in [2.05, 4.69) is 46.9 Å². The van der Waals surface area contributed by atoms with Crippen molar-refractivity contribution in [3.63, 3.8) is 0 Å². The van der Waals surface area contributed by atoms with E-state index in [0.29, 0.717) is 6.10 Å². The van der Waals surface area contributed by atoms with E-state index in [1.54, 1.807) is 0 Å². The molecular formula is C16H21IO2. The van der Waals surface area contributed by atoms with Gasteiger partial charge in [0.1, 0.15) is 11.9 Å². The third-order valence-electron chi connectivity index (χ3n) is 4.31. The summed E-state index contributed by atoms with van der Waals surface area (Å²) in [6, 6.07) is 8.33. The van der Waals surface area contributed by atoms with Crippen molar-refractivity contribution in [2.75, 3.05) is 6.61 Å². The van der Waals surface area contributed by atoms with Crippen molar-refractivity contribution >= 4 is 22.6 Å². The standard InChI is InChI=1S/C16H21IO2/c17-13-5-4-6-14(11-13)19-15-7-10-18-16(12-15)8-2-1-3-9-16/h4-6,11,15H,1-3,7-10,12H2. The summed E-state index contributed by atoms with van der Waals surface area (Å²) >= 11 is 2.33. The zero-order chi connectivity index (χ0) is 13.1. The van der Waals surface area contributed by atoms with Gasteiger partial charge in [-0.3, -0.25) is 0 Å². The third kappa shape index (κ3) is 3.43. The van der Waals surface area contributed by atoms with Gasteiger partial charge in [-0.05, 0) is 53.6 Å². The third-order valence-corrected chi connectivity index (χ3v) is 4.98. The molecule has 3 heteroatoms. The molecule has 1 aliphatic carbocycles. The zero-order valence-corrected chi connectivity index (χ0v) is 13.4. The highest BCUT2D eigenvalue weighted by Crippen LogP contribution is 2.39. The van der Waals surface area contributed by atoms with E-state index < -0.39 is 0 Å². The molecule has 3 rings (SSSR count). The minimum absolute atomic E-state index is 0.128. The van der Waals surface area contributed by atoms with Crippen molar-refractivity contribution in [3.8, 4) is 5.75 Å². The van der Waals surface area contributed by atoms with Crippen LogP contribution < -0.4 is 4.74 Å². The predicted octanol–water partition coefficient (Wildman–Crippen LogP) is 4.55. The van der Waals surface area contributed by atoms with E-state index in [1.165, 1.54) is 35.7 Å². The molecule has 2 fully saturated rings. The van der Waals surface area contributed by atoms with Gasteiger partial charge in [0.15, 0.2) is 0 Å². The van der Waals surface area contributed by atoms with Crippen molar-refractivity contribution in [1.82, 2.24) is 0 Å². The van der Waals surface area contributed by atoms with Gasteiger partial charge in [-0.25, -0.2) is 0 Å². The number of hydrogen-bond donors (Lipinski definition) is 0. The van der Waals surface area contributed by atoms with Crippen molar-refractivity contribution in [2.45, 2.75) is 56.7 Å². The van der Waals surface area contributed by atoms with Crippen LogP contribution in [-0.4, -0.2) is 18.3 Å². The van der Waals surface area contributed by atoms with Crippen LogP contribution in [0, 0.1) is 3.57 Å². The Balaban J connectivity index is 1.65. The lowest BCUT2D eigenvalue weighted by molar-refractivity contribution is -0.129. The van der Waals surface area contributed by atoms with Gasteiger partial charge in [0.25, 0.3) is 0 Å². The molecule has 1 aromatic rings. The van der Waals surface area contributed by atoms with Gasteiger partial charge in [0.2, 0.25) is 0 Å². The summed E-state index contributed by atoms with van der Waals surface area (Å²) in [5.74, 6) is 1.00. The second-order valence-corrected chi connectivity index (χ2v) is 7.03. The normalized spacial score (nSPS) is 26.3. The maximum absolute atomic E-state index is 6.18. The van der Waals surface area contributed by atoms with Gasteiger partial charge in [0.05, 0.1) is 12.2 Å². The Labute approximate surface area is 129 Å². The average molecular weight is 372 g/mol. The van der Waals surface area contributed by atoms with Gasteiger partial charge >= 0.3 is 0 Å². The first kappa shape index (κ1) is 13.7. The average Bonchev–Trinajstić information content (AvgIpc) is 2.40. The van der Waals surface area contributed by atoms with Crippen molar-refractivity contribution in [2.24, 2.45) is 0 Å². The number of hydrogen-bond acceptors (Lipinski definition) is 2. The first-order valence-electron chi connectivity index (χ1n) is 7.32. The zero-order valence-electron chi connectivity index (χ0n) is 11.2. The molecule has 1 aliphatic heterocycles. The van der Waals surface area contributed by atoms with Crippen LogP contribution in [0.5, 0.6) is 5.75 Å². The number of benzene rings is 1. The molecule has 1 atom stereocenters. The molecule has 1 saturated carbocycles. The minimum atomic E-state index is 0.128. The van der Waals surface area contributed by atoms with Crippen LogP contribution in [0.3, 0.4) is 0 Å². The van der Waals surface area contributed by atoms with Crippen LogP contribution in [0.4, 0.5) is 0 Å². The SMILES string of the molecule is Ic1cccc(OC2CCOC3(CCCCC3)C2)c1. The van der Waals surface area contributed by atoms with E-state index in [4.69, 9.17) is 9.47 Å². The summed E-state index contributed by atoms with van der Waals surface area (Å²) in [5, 5.41) is 0. The molecule has 1 spiro atoms. The van der Waals surface area contributed by atoms with Gasteiger partial charge in [-0.1, -0.05) is 25.3 Å². The lowest BCUT2D eigenvalue weighted by atomic mass is 9.79. The minimum Gasteiger partial charge on any atom is -0.490 e. The number of rotatable bonds is 2. The fraction of sp³-hybridized carbons (Fsp3) is 0.625. The molecule has 2 nitrogen and oxygen atoms in total. The van der Waals surface area contributed by atoms with Crippen LogP contribution in [0.2, 0.25) is 0 Å². The second kappa shape index (κ2) is 6.00. The monoisotopic (exact) mass is 372 g/mol. The van der Waals surface area contributed by atoms with Gasteiger partial charge in [0, 0.05) is 16.4 Å². The summed E-state index contributed by atoms with van der Waals surface area (Å²) in [4.78, 5) is 0. The van der Waals surface area contributed by atoms with E-state index in [9.17, 15) is 0 Å². The number of halogens is 1. The van der Waals surface area contributed by atoms with Crippen LogP contribution >= 0.6 is 22.6 Å². The quantitative estimate of drug-likeness (QED) is 0.709. The van der Waals surface area contributed by atoms with Crippen LogP contribution in [-0.2, 0) is 4.74 Å². The molecule has 0 radical (unpaired) electrons. The molecule has 104 valence electrons. The van der Waals surface area contributed by atoms with Crippen molar-refractivity contribution < 1.29 is 9.47 Å². The number of ether oxygens (including phenoxy) is 2. The van der Waals surface area contributed by atoms with E-state index in [0.717, 1.165) is 25.2 Å². The van der Waals surface area contributed by atoms with Crippen LogP contribution in [0.1, 0.15) is 44.9 Å². The molecule has 2 aliphatic rings. The molecule has 0 N–H and O–H groups in total. The van der Waals surface area contributed by atoms with Crippen molar-refractivity contribution in [3.05, 3.63) is 27.8 Å². The first-order chi connectivity index (χ1) is 9.26. The molecule has 1 saturated heterocycles. The highest BCUT2D eigenvalue weighted by molar-refractivity contribution is 14.1. The molecule has 1 aromatic carbocycles. The molecule has 0 bridgehead atoms. The molecule has 0 aromatic heterocycles. The Bertz CT molecular complexity index is 421.